The largest absolute Gasteiger partial charge is 0.461 e. The molecule has 0 spiro atoms. The van der Waals surface area contributed by atoms with Crippen LogP contribution in [0.1, 0.15) is 12.0 Å². The first kappa shape index (κ1) is 15.1. The van der Waals surface area contributed by atoms with Gasteiger partial charge in [0.05, 0.1) is 17.1 Å². The van der Waals surface area contributed by atoms with Crippen molar-refractivity contribution in [2.45, 2.75) is 13.0 Å². The number of nitro groups is 1. The highest BCUT2D eigenvalue weighted by Gasteiger charge is 2.10. The van der Waals surface area contributed by atoms with Gasteiger partial charge in [0.15, 0.2) is 0 Å². The molecule has 0 unspecified atom stereocenters. The first-order valence-corrected chi connectivity index (χ1v) is 7.40. The van der Waals surface area contributed by atoms with Crippen LogP contribution in [0.15, 0.2) is 24.3 Å². The molecule has 1 aromatic carbocycles. The molecule has 0 bridgehead atoms. The zero-order valence-electron chi connectivity index (χ0n) is 10.2. The van der Waals surface area contributed by atoms with E-state index in [1.165, 1.54) is 18.2 Å². The molecule has 0 aliphatic heterocycles. The molecule has 0 atom stereocenters. The number of nitrogens with zero attached hydrogens (tertiary/aromatic N) is 1. The van der Waals surface area contributed by atoms with Crippen LogP contribution in [-0.4, -0.2) is 31.3 Å². The minimum absolute atomic E-state index is 0.0929. The number of esters is 1. The fourth-order valence-electron chi connectivity index (χ4n) is 1.26. The third-order valence-electron chi connectivity index (χ3n) is 2.20. The van der Waals surface area contributed by atoms with Crippen molar-refractivity contribution in [2.75, 3.05) is 12.0 Å². The van der Waals surface area contributed by atoms with Crippen molar-refractivity contribution in [3.8, 4) is 0 Å². The molecule has 0 amide bonds. The Morgan fingerprint density at radius 1 is 1.42 bits per heavy atom. The van der Waals surface area contributed by atoms with E-state index in [0.717, 1.165) is 6.26 Å². The summed E-state index contributed by atoms with van der Waals surface area (Å²) in [5, 5.41) is 10.5. The monoisotopic (exact) mass is 287 g/mol. The van der Waals surface area contributed by atoms with Crippen LogP contribution in [0.25, 0.3) is 0 Å². The van der Waals surface area contributed by atoms with E-state index in [0.29, 0.717) is 5.56 Å². The van der Waals surface area contributed by atoms with Crippen LogP contribution < -0.4 is 0 Å². The first-order chi connectivity index (χ1) is 8.78. The van der Waals surface area contributed by atoms with Gasteiger partial charge in [-0.05, 0) is 5.56 Å². The van der Waals surface area contributed by atoms with Gasteiger partial charge in [-0.25, -0.2) is 8.42 Å². The van der Waals surface area contributed by atoms with E-state index in [2.05, 4.69) is 0 Å². The third-order valence-corrected chi connectivity index (χ3v) is 3.14. The summed E-state index contributed by atoms with van der Waals surface area (Å²) in [5.41, 5.74) is 0.381. The molecule has 7 nitrogen and oxygen atoms in total. The average molecular weight is 287 g/mol. The summed E-state index contributed by atoms with van der Waals surface area (Å²) in [5.74, 6) is -0.933. The Bertz CT molecular complexity index is 581. The van der Waals surface area contributed by atoms with Gasteiger partial charge >= 0.3 is 5.97 Å². The number of sulfone groups is 1. The average Bonchev–Trinajstić information content (AvgIpc) is 2.33. The Morgan fingerprint density at radius 3 is 2.68 bits per heavy atom. The molecule has 0 aliphatic carbocycles. The van der Waals surface area contributed by atoms with Crippen LogP contribution in [-0.2, 0) is 26.0 Å². The minimum atomic E-state index is -3.21. The molecular weight excluding hydrogens is 274 g/mol. The number of ether oxygens (including phenoxy) is 1. The summed E-state index contributed by atoms with van der Waals surface area (Å²) in [6.07, 6.45) is 0.800. The zero-order chi connectivity index (χ0) is 14.5. The predicted octanol–water partition coefficient (Wildman–Crippen LogP) is 1.07. The van der Waals surface area contributed by atoms with Crippen molar-refractivity contribution < 1.29 is 22.9 Å². The highest BCUT2D eigenvalue weighted by Crippen LogP contribution is 2.13. The van der Waals surface area contributed by atoms with Crippen LogP contribution in [0.3, 0.4) is 0 Å². The van der Waals surface area contributed by atoms with E-state index < -0.39 is 20.7 Å². The van der Waals surface area contributed by atoms with Crippen molar-refractivity contribution >= 4 is 21.5 Å². The molecule has 0 aliphatic rings. The second kappa shape index (κ2) is 6.28. The number of carbonyl (C=O) groups is 1. The molecule has 0 heterocycles. The quantitative estimate of drug-likeness (QED) is 0.440. The lowest BCUT2D eigenvalue weighted by Crippen LogP contribution is -2.12. The molecule has 1 rings (SSSR count). The lowest BCUT2D eigenvalue weighted by molar-refractivity contribution is -0.384. The molecule has 0 saturated carbocycles. The maximum Gasteiger partial charge on any atom is 0.307 e. The summed E-state index contributed by atoms with van der Waals surface area (Å²) >= 11 is 0. The van der Waals surface area contributed by atoms with E-state index >= 15 is 0 Å². The topological polar surface area (TPSA) is 104 Å². The Labute approximate surface area is 110 Å². The summed E-state index contributed by atoms with van der Waals surface area (Å²) in [6.45, 7) is -0.121. The van der Waals surface area contributed by atoms with Crippen molar-refractivity contribution in [1.29, 1.82) is 0 Å². The second-order valence-corrected chi connectivity index (χ2v) is 6.23. The van der Waals surface area contributed by atoms with Crippen molar-refractivity contribution in [3.05, 3.63) is 39.9 Å². The van der Waals surface area contributed by atoms with Crippen LogP contribution in [0, 0.1) is 10.1 Å². The number of benzene rings is 1. The maximum absolute atomic E-state index is 11.3. The van der Waals surface area contributed by atoms with Gasteiger partial charge in [-0.1, -0.05) is 12.1 Å². The predicted molar refractivity (Wildman–Crippen MR) is 67.2 cm³/mol. The fraction of sp³-hybridized carbons (Fsp3) is 0.364. The molecule has 0 radical (unpaired) electrons. The number of hydrogen-bond acceptors (Lipinski definition) is 6. The number of rotatable bonds is 6. The Morgan fingerprint density at radius 2 is 2.11 bits per heavy atom. The van der Waals surface area contributed by atoms with Crippen molar-refractivity contribution in [1.82, 2.24) is 0 Å². The van der Waals surface area contributed by atoms with E-state index in [4.69, 9.17) is 4.74 Å². The zero-order valence-corrected chi connectivity index (χ0v) is 11.1. The molecule has 0 N–H and O–H groups in total. The molecule has 1 aromatic rings. The molecule has 0 aromatic heterocycles. The van der Waals surface area contributed by atoms with Gasteiger partial charge in [0.1, 0.15) is 16.4 Å². The third kappa shape index (κ3) is 5.96. The minimum Gasteiger partial charge on any atom is -0.461 e. The van der Waals surface area contributed by atoms with E-state index in [-0.39, 0.29) is 24.5 Å². The van der Waals surface area contributed by atoms with Crippen molar-refractivity contribution in [2.24, 2.45) is 0 Å². The Kier molecular flexibility index (Phi) is 4.99. The lowest BCUT2D eigenvalue weighted by atomic mass is 10.2. The van der Waals surface area contributed by atoms with Gasteiger partial charge in [-0.15, -0.1) is 0 Å². The second-order valence-electron chi connectivity index (χ2n) is 3.97. The maximum atomic E-state index is 11.3. The van der Waals surface area contributed by atoms with Gasteiger partial charge in [0.25, 0.3) is 5.69 Å². The Balaban J connectivity index is 2.50. The summed E-state index contributed by atoms with van der Waals surface area (Å²) in [6, 6.07) is 5.69. The molecular formula is C11H13NO6S. The van der Waals surface area contributed by atoms with Crippen LogP contribution in [0.4, 0.5) is 5.69 Å². The summed E-state index contributed by atoms with van der Waals surface area (Å²) in [7, 11) is -3.21. The number of carbonyl (C=O) groups excluding carboxylic acids is 1. The molecule has 19 heavy (non-hydrogen) atoms. The van der Waals surface area contributed by atoms with Gasteiger partial charge in [-0.2, -0.15) is 0 Å². The van der Waals surface area contributed by atoms with Gasteiger partial charge < -0.3 is 4.74 Å². The van der Waals surface area contributed by atoms with E-state index in [1.807, 2.05) is 0 Å². The van der Waals surface area contributed by atoms with Gasteiger partial charge in [0.2, 0.25) is 0 Å². The first-order valence-electron chi connectivity index (χ1n) is 5.34. The highest BCUT2D eigenvalue weighted by molar-refractivity contribution is 7.90. The van der Waals surface area contributed by atoms with E-state index in [9.17, 15) is 23.3 Å². The van der Waals surface area contributed by atoms with Crippen LogP contribution >= 0.6 is 0 Å². The van der Waals surface area contributed by atoms with Crippen LogP contribution in [0.2, 0.25) is 0 Å². The van der Waals surface area contributed by atoms with Gasteiger partial charge in [0, 0.05) is 18.4 Å². The summed E-state index contributed by atoms with van der Waals surface area (Å²) < 4.78 is 26.5. The molecule has 0 saturated heterocycles. The lowest BCUT2D eigenvalue weighted by Gasteiger charge is -2.04. The smallest absolute Gasteiger partial charge is 0.307 e. The molecule has 0 fully saturated rings. The fourth-order valence-corrected chi connectivity index (χ4v) is 1.80. The number of non-ortho nitro benzene ring substituents is 1. The molecule has 104 valence electrons. The number of nitro benzene ring substituents is 1. The van der Waals surface area contributed by atoms with Gasteiger partial charge in [-0.3, -0.25) is 14.9 Å². The van der Waals surface area contributed by atoms with E-state index in [1.54, 1.807) is 6.07 Å². The van der Waals surface area contributed by atoms with Crippen LogP contribution in [0.5, 0.6) is 0 Å². The van der Waals surface area contributed by atoms with Crippen molar-refractivity contribution in [3.63, 3.8) is 0 Å². The Hall–Kier alpha value is -1.96. The SMILES string of the molecule is CS(=O)(=O)CCC(=O)OCc1cccc([N+](=O)[O-])c1. The number of hydrogen-bond donors (Lipinski definition) is 0. The highest BCUT2D eigenvalue weighted by atomic mass is 32.2. The summed E-state index contributed by atoms with van der Waals surface area (Å²) in [4.78, 5) is 21.2. The molecule has 8 heteroatoms. The standard InChI is InChI=1S/C11H13NO6S/c1-19(16,17)6-5-11(13)18-8-9-3-2-4-10(7-9)12(14)15/h2-4,7H,5-6,8H2,1H3. The normalized spacial score (nSPS) is 11.0.